The summed E-state index contributed by atoms with van der Waals surface area (Å²) in [5.41, 5.74) is 0.346. The normalized spacial score (nSPS) is 20.6. The van der Waals surface area contributed by atoms with E-state index < -0.39 is 5.82 Å². The summed E-state index contributed by atoms with van der Waals surface area (Å²) < 4.78 is 13.7. The molecule has 1 aliphatic rings. The lowest BCUT2D eigenvalue weighted by Crippen LogP contribution is -2.33. The monoisotopic (exact) mass is 241 g/mol. The third-order valence-corrected chi connectivity index (χ3v) is 3.20. The maximum Gasteiger partial charge on any atom is 0.227 e. The molecule has 2 nitrogen and oxygen atoms in total. The smallest absolute Gasteiger partial charge is 0.227 e. The first-order chi connectivity index (χ1) is 7.63. The summed E-state index contributed by atoms with van der Waals surface area (Å²) >= 11 is 5.69. The number of hydrogen-bond acceptors (Lipinski definition) is 1. The highest BCUT2D eigenvalue weighted by Crippen LogP contribution is 2.31. The fourth-order valence-electron chi connectivity index (χ4n) is 2.14. The van der Waals surface area contributed by atoms with Crippen LogP contribution in [-0.4, -0.2) is 11.9 Å². The van der Waals surface area contributed by atoms with Gasteiger partial charge < -0.3 is 4.90 Å². The number of anilines is 1. The van der Waals surface area contributed by atoms with E-state index in [0.717, 1.165) is 12.8 Å². The molecule has 0 aromatic heterocycles. The van der Waals surface area contributed by atoms with Crippen LogP contribution >= 0.6 is 11.6 Å². The van der Waals surface area contributed by atoms with Gasteiger partial charge in [0.05, 0.1) is 5.69 Å². The minimum Gasteiger partial charge on any atom is -0.307 e. The maximum absolute atomic E-state index is 13.7. The molecule has 1 unspecified atom stereocenters. The molecular weight excluding hydrogens is 229 g/mol. The SMILES string of the molecule is CCC1CCC(=O)N1c1ccc(Cl)cc1F. The number of hydrogen-bond donors (Lipinski definition) is 0. The standard InChI is InChI=1S/C12H13ClFNO/c1-2-9-4-6-12(16)15(9)11-5-3-8(13)7-10(11)14/h3,5,7,9H,2,4,6H2,1H3. The molecule has 1 aliphatic heterocycles. The van der Waals surface area contributed by atoms with Gasteiger partial charge in [-0.3, -0.25) is 4.79 Å². The van der Waals surface area contributed by atoms with Crippen molar-refractivity contribution in [2.24, 2.45) is 0 Å². The van der Waals surface area contributed by atoms with E-state index in [2.05, 4.69) is 0 Å². The van der Waals surface area contributed by atoms with Gasteiger partial charge in [0.15, 0.2) is 0 Å². The minimum absolute atomic E-state index is 0.00641. The van der Waals surface area contributed by atoms with Crippen molar-refractivity contribution < 1.29 is 9.18 Å². The molecule has 86 valence electrons. The van der Waals surface area contributed by atoms with E-state index in [1.165, 1.54) is 6.07 Å². The van der Waals surface area contributed by atoms with Gasteiger partial charge in [-0.15, -0.1) is 0 Å². The number of nitrogens with zero attached hydrogens (tertiary/aromatic N) is 1. The summed E-state index contributed by atoms with van der Waals surface area (Å²) in [5, 5.41) is 0.348. The number of benzene rings is 1. The molecule has 1 aromatic carbocycles. The predicted octanol–water partition coefficient (Wildman–Crippen LogP) is 3.38. The van der Waals surface area contributed by atoms with Crippen molar-refractivity contribution >= 4 is 23.2 Å². The quantitative estimate of drug-likeness (QED) is 0.777. The first-order valence-corrected chi connectivity index (χ1v) is 5.78. The molecule has 1 heterocycles. The van der Waals surface area contributed by atoms with Crippen molar-refractivity contribution in [1.29, 1.82) is 0 Å². The van der Waals surface area contributed by atoms with Crippen molar-refractivity contribution in [3.05, 3.63) is 29.0 Å². The molecular formula is C12H13ClFNO. The molecule has 16 heavy (non-hydrogen) atoms. The Morgan fingerprint density at radius 3 is 2.94 bits per heavy atom. The molecule has 2 rings (SSSR count). The van der Waals surface area contributed by atoms with Gasteiger partial charge in [-0.2, -0.15) is 0 Å². The molecule has 1 aromatic rings. The Labute approximate surface area is 99.0 Å². The summed E-state index contributed by atoms with van der Waals surface area (Å²) in [5.74, 6) is -0.436. The highest BCUT2D eigenvalue weighted by atomic mass is 35.5. The molecule has 0 saturated carbocycles. The highest BCUT2D eigenvalue weighted by molar-refractivity contribution is 6.30. The fourth-order valence-corrected chi connectivity index (χ4v) is 2.30. The number of rotatable bonds is 2. The van der Waals surface area contributed by atoms with E-state index in [4.69, 9.17) is 11.6 Å². The second-order valence-electron chi connectivity index (χ2n) is 3.96. The Balaban J connectivity index is 2.38. The van der Waals surface area contributed by atoms with E-state index in [1.807, 2.05) is 6.92 Å². The molecule has 1 saturated heterocycles. The lowest BCUT2D eigenvalue weighted by molar-refractivity contribution is -0.117. The van der Waals surface area contributed by atoms with Crippen LogP contribution < -0.4 is 4.90 Å². The molecule has 1 fully saturated rings. The second kappa shape index (κ2) is 4.42. The van der Waals surface area contributed by atoms with Crippen molar-refractivity contribution in [3.8, 4) is 0 Å². The van der Waals surface area contributed by atoms with E-state index in [0.29, 0.717) is 17.1 Å². The molecule has 0 N–H and O–H groups in total. The average molecular weight is 242 g/mol. The summed E-state index contributed by atoms with van der Waals surface area (Å²) in [7, 11) is 0. The van der Waals surface area contributed by atoms with Gasteiger partial charge in [-0.1, -0.05) is 18.5 Å². The predicted molar refractivity (Wildman–Crippen MR) is 62.2 cm³/mol. The summed E-state index contributed by atoms with van der Waals surface area (Å²) in [6, 6.07) is 4.54. The van der Waals surface area contributed by atoms with E-state index in [1.54, 1.807) is 17.0 Å². The molecule has 0 spiro atoms. The van der Waals surface area contributed by atoms with Gasteiger partial charge in [0, 0.05) is 17.5 Å². The Bertz CT molecular complexity index is 421. The zero-order valence-corrected chi connectivity index (χ0v) is 9.80. The van der Waals surface area contributed by atoms with E-state index in [-0.39, 0.29) is 11.9 Å². The van der Waals surface area contributed by atoms with Gasteiger partial charge in [0.1, 0.15) is 5.82 Å². The molecule has 1 amide bonds. The van der Waals surface area contributed by atoms with Crippen molar-refractivity contribution in [2.45, 2.75) is 32.2 Å². The van der Waals surface area contributed by atoms with Gasteiger partial charge in [-0.25, -0.2) is 4.39 Å². The molecule has 4 heteroatoms. The zero-order valence-electron chi connectivity index (χ0n) is 9.04. The fraction of sp³-hybridized carbons (Fsp3) is 0.417. The lowest BCUT2D eigenvalue weighted by atomic mass is 10.1. The Kier molecular flexibility index (Phi) is 3.15. The van der Waals surface area contributed by atoms with Crippen molar-refractivity contribution in [1.82, 2.24) is 0 Å². The van der Waals surface area contributed by atoms with Crippen LogP contribution in [0.3, 0.4) is 0 Å². The van der Waals surface area contributed by atoms with Crippen LogP contribution in [0.2, 0.25) is 5.02 Å². The molecule has 1 atom stereocenters. The third-order valence-electron chi connectivity index (χ3n) is 2.97. The van der Waals surface area contributed by atoms with Crippen LogP contribution in [0.15, 0.2) is 18.2 Å². The summed E-state index contributed by atoms with van der Waals surface area (Å²) in [6.07, 6.45) is 2.14. The third kappa shape index (κ3) is 1.92. The zero-order chi connectivity index (χ0) is 11.7. The molecule has 0 radical (unpaired) electrons. The van der Waals surface area contributed by atoms with Crippen LogP contribution in [0, 0.1) is 5.82 Å². The maximum atomic E-state index is 13.7. The van der Waals surface area contributed by atoms with Crippen LogP contribution in [0.4, 0.5) is 10.1 Å². The first kappa shape index (κ1) is 11.4. The van der Waals surface area contributed by atoms with E-state index >= 15 is 0 Å². The molecule has 0 aliphatic carbocycles. The lowest BCUT2D eigenvalue weighted by Gasteiger charge is -2.24. The van der Waals surface area contributed by atoms with Gasteiger partial charge >= 0.3 is 0 Å². The van der Waals surface area contributed by atoms with Crippen LogP contribution in [0.1, 0.15) is 26.2 Å². The summed E-state index contributed by atoms with van der Waals surface area (Å²) in [4.78, 5) is 13.3. The van der Waals surface area contributed by atoms with E-state index in [9.17, 15) is 9.18 Å². The Morgan fingerprint density at radius 2 is 2.31 bits per heavy atom. The highest BCUT2D eigenvalue weighted by Gasteiger charge is 2.32. The largest absolute Gasteiger partial charge is 0.307 e. The summed E-state index contributed by atoms with van der Waals surface area (Å²) in [6.45, 7) is 2.00. The number of carbonyl (C=O) groups is 1. The van der Waals surface area contributed by atoms with Gasteiger partial charge in [-0.05, 0) is 31.0 Å². The van der Waals surface area contributed by atoms with Gasteiger partial charge in [0.2, 0.25) is 5.91 Å². The average Bonchev–Trinajstić information content (AvgIpc) is 2.60. The minimum atomic E-state index is -0.429. The topological polar surface area (TPSA) is 20.3 Å². The number of amides is 1. The number of halogens is 2. The van der Waals surface area contributed by atoms with Crippen LogP contribution in [0.25, 0.3) is 0 Å². The molecule has 0 bridgehead atoms. The number of carbonyl (C=O) groups excluding carboxylic acids is 1. The second-order valence-corrected chi connectivity index (χ2v) is 4.40. The first-order valence-electron chi connectivity index (χ1n) is 5.40. The van der Waals surface area contributed by atoms with Gasteiger partial charge in [0.25, 0.3) is 0 Å². The van der Waals surface area contributed by atoms with Crippen molar-refractivity contribution in [2.75, 3.05) is 4.90 Å². The Hall–Kier alpha value is -1.09. The van der Waals surface area contributed by atoms with Crippen LogP contribution in [-0.2, 0) is 4.79 Å². The Morgan fingerprint density at radius 1 is 1.56 bits per heavy atom. The van der Waals surface area contributed by atoms with Crippen LogP contribution in [0.5, 0.6) is 0 Å². The van der Waals surface area contributed by atoms with Crippen molar-refractivity contribution in [3.63, 3.8) is 0 Å².